The molecule has 0 atom stereocenters. The molecule has 1 aliphatic rings. The average molecular weight is 169 g/mol. The van der Waals surface area contributed by atoms with Crippen LogP contribution in [0.3, 0.4) is 0 Å². The molecule has 1 rings (SSSR count). The summed E-state index contributed by atoms with van der Waals surface area (Å²) in [6.45, 7) is 1.74. The van der Waals surface area contributed by atoms with Crippen LogP contribution in [0.4, 0.5) is 13.2 Å². The van der Waals surface area contributed by atoms with Crippen LogP contribution in [-0.2, 0) is 0 Å². The highest BCUT2D eigenvalue weighted by atomic mass is 19.4. The maximum Gasteiger partial charge on any atom is 0.419 e. The van der Waals surface area contributed by atoms with E-state index in [9.17, 15) is 13.2 Å². The fourth-order valence-electron chi connectivity index (χ4n) is 1.10. The van der Waals surface area contributed by atoms with Crippen molar-refractivity contribution in [1.82, 2.24) is 4.90 Å². The minimum Gasteiger partial charge on any atom is -0.378 e. The molecular formula is C6H10F3NO. The average Bonchev–Trinajstić information content (AvgIpc) is 1.78. The second kappa shape index (κ2) is 2.35. The maximum atomic E-state index is 11.9. The highest BCUT2D eigenvalue weighted by molar-refractivity contribution is 5.00. The number of hydrogen-bond acceptors (Lipinski definition) is 2. The van der Waals surface area contributed by atoms with Gasteiger partial charge < -0.3 is 5.11 Å². The van der Waals surface area contributed by atoms with Crippen molar-refractivity contribution in [3.05, 3.63) is 0 Å². The Morgan fingerprint density at radius 1 is 1.45 bits per heavy atom. The molecule has 0 aliphatic carbocycles. The summed E-state index contributed by atoms with van der Waals surface area (Å²) in [4.78, 5) is 1.54. The summed E-state index contributed by atoms with van der Waals surface area (Å²) in [5.41, 5.74) is -2.44. The van der Waals surface area contributed by atoms with Gasteiger partial charge >= 0.3 is 6.18 Å². The smallest absolute Gasteiger partial charge is 0.378 e. The Morgan fingerprint density at radius 2 is 1.91 bits per heavy atom. The molecule has 1 aliphatic heterocycles. The zero-order valence-electron chi connectivity index (χ0n) is 6.15. The van der Waals surface area contributed by atoms with Gasteiger partial charge in [-0.1, -0.05) is 6.92 Å². The predicted octanol–water partition coefficient (Wildman–Crippen LogP) is 0.615. The van der Waals surface area contributed by atoms with E-state index >= 15 is 0 Å². The van der Waals surface area contributed by atoms with Gasteiger partial charge in [0.2, 0.25) is 0 Å². The number of β-amino-alcohol motifs (C(OH)–C–C–N with tert-alkyl or cyclic N) is 1. The van der Waals surface area contributed by atoms with E-state index < -0.39 is 11.8 Å². The first kappa shape index (κ1) is 8.80. The van der Waals surface area contributed by atoms with E-state index in [0.717, 1.165) is 0 Å². The van der Waals surface area contributed by atoms with Crippen molar-refractivity contribution < 1.29 is 18.3 Å². The van der Waals surface area contributed by atoms with Gasteiger partial charge in [-0.25, -0.2) is 0 Å². The molecule has 1 saturated heterocycles. The number of halogens is 3. The largest absolute Gasteiger partial charge is 0.419 e. The van der Waals surface area contributed by atoms with Gasteiger partial charge in [-0.2, -0.15) is 13.2 Å². The predicted molar refractivity (Wildman–Crippen MR) is 33.1 cm³/mol. The van der Waals surface area contributed by atoms with E-state index in [1.54, 1.807) is 6.92 Å². The van der Waals surface area contributed by atoms with E-state index in [1.807, 2.05) is 0 Å². The Bertz CT molecular complexity index is 150. The summed E-state index contributed by atoms with van der Waals surface area (Å²) in [6.07, 6.45) is -4.47. The van der Waals surface area contributed by atoms with Crippen molar-refractivity contribution in [3.63, 3.8) is 0 Å². The third-order valence-corrected chi connectivity index (χ3v) is 1.95. The van der Waals surface area contributed by atoms with Crippen LogP contribution in [0.5, 0.6) is 0 Å². The molecule has 5 heteroatoms. The first-order valence-electron chi connectivity index (χ1n) is 3.40. The minimum absolute atomic E-state index is 0.285. The van der Waals surface area contributed by atoms with Crippen molar-refractivity contribution >= 4 is 0 Å². The van der Waals surface area contributed by atoms with Crippen molar-refractivity contribution in [1.29, 1.82) is 0 Å². The fraction of sp³-hybridized carbons (Fsp3) is 1.00. The molecule has 0 amide bonds. The van der Waals surface area contributed by atoms with Gasteiger partial charge in [-0.15, -0.1) is 0 Å². The van der Waals surface area contributed by atoms with Gasteiger partial charge in [-0.05, 0) is 6.54 Å². The van der Waals surface area contributed by atoms with Gasteiger partial charge in [0.05, 0.1) is 0 Å². The standard InChI is InChI=1S/C6H10F3NO/c1-2-10-3-5(11,4-10)6(7,8)9/h11H,2-4H2,1H3. The Labute approximate surface area is 62.6 Å². The van der Waals surface area contributed by atoms with Crippen LogP contribution in [-0.4, -0.2) is 41.4 Å². The van der Waals surface area contributed by atoms with Crippen molar-refractivity contribution in [2.24, 2.45) is 0 Å². The number of likely N-dealkylation sites (N-methyl/N-ethyl adjacent to an activating group) is 1. The maximum absolute atomic E-state index is 11.9. The zero-order valence-corrected chi connectivity index (χ0v) is 6.15. The minimum atomic E-state index is -4.47. The molecule has 0 spiro atoms. The summed E-state index contributed by atoms with van der Waals surface area (Å²) in [6, 6.07) is 0. The number of nitrogens with zero attached hydrogens (tertiary/aromatic N) is 1. The van der Waals surface area contributed by atoms with Crippen LogP contribution >= 0.6 is 0 Å². The van der Waals surface area contributed by atoms with E-state index in [4.69, 9.17) is 5.11 Å². The number of hydrogen-bond donors (Lipinski definition) is 1. The number of likely N-dealkylation sites (tertiary alicyclic amines) is 1. The summed E-state index contributed by atoms with van der Waals surface area (Å²) in [5, 5.41) is 8.88. The van der Waals surface area contributed by atoms with Crippen LogP contribution in [0.15, 0.2) is 0 Å². The van der Waals surface area contributed by atoms with Gasteiger partial charge in [0.25, 0.3) is 0 Å². The fourth-order valence-corrected chi connectivity index (χ4v) is 1.10. The quantitative estimate of drug-likeness (QED) is 0.621. The van der Waals surface area contributed by atoms with Crippen LogP contribution in [0.1, 0.15) is 6.92 Å². The van der Waals surface area contributed by atoms with Crippen LogP contribution < -0.4 is 0 Å². The van der Waals surface area contributed by atoms with Crippen LogP contribution in [0, 0.1) is 0 Å². The Morgan fingerprint density at radius 3 is 2.18 bits per heavy atom. The third-order valence-electron chi connectivity index (χ3n) is 1.95. The summed E-state index contributed by atoms with van der Waals surface area (Å²) >= 11 is 0. The first-order valence-corrected chi connectivity index (χ1v) is 3.40. The lowest BCUT2D eigenvalue weighted by molar-refractivity contribution is -0.300. The third kappa shape index (κ3) is 1.35. The highest BCUT2D eigenvalue weighted by Gasteiger charge is 2.60. The summed E-state index contributed by atoms with van der Waals surface area (Å²) in [7, 11) is 0. The molecule has 0 bridgehead atoms. The van der Waals surface area contributed by atoms with Crippen LogP contribution in [0.2, 0.25) is 0 Å². The molecule has 1 N–H and O–H groups in total. The Balaban J connectivity index is 2.49. The van der Waals surface area contributed by atoms with Gasteiger partial charge in [0.1, 0.15) is 0 Å². The first-order chi connectivity index (χ1) is 4.89. The lowest BCUT2D eigenvalue weighted by atomic mass is 9.94. The van der Waals surface area contributed by atoms with Crippen LogP contribution in [0.25, 0.3) is 0 Å². The van der Waals surface area contributed by atoms with Gasteiger partial charge in [-0.3, -0.25) is 4.90 Å². The molecule has 11 heavy (non-hydrogen) atoms. The summed E-state index contributed by atoms with van der Waals surface area (Å²) in [5.74, 6) is 0. The SMILES string of the molecule is CCN1CC(O)(C(F)(F)F)C1. The van der Waals surface area contributed by atoms with E-state index in [0.29, 0.717) is 6.54 Å². The highest BCUT2D eigenvalue weighted by Crippen LogP contribution is 2.37. The number of rotatable bonds is 1. The molecule has 0 aromatic heterocycles. The van der Waals surface area contributed by atoms with Gasteiger partial charge in [0, 0.05) is 13.1 Å². The normalized spacial score (nSPS) is 24.8. The molecule has 0 aromatic carbocycles. The molecule has 0 aromatic rings. The Kier molecular flexibility index (Phi) is 1.88. The van der Waals surface area contributed by atoms with E-state index in [2.05, 4.69) is 0 Å². The zero-order chi connectivity index (χ0) is 8.70. The topological polar surface area (TPSA) is 23.5 Å². The molecule has 2 nitrogen and oxygen atoms in total. The second-order valence-corrected chi connectivity index (χ2v) is 2.83. The monoisotopic (exact) mass is 169 g/mol. The summed E-state index contributed by atoms with van der Waals surface area (Å²) < 4.78 is 35.8. The lowest BCUT2D eigenvalue weighted by Gasteiger charge is -2.46. The van der Waals surface area contributed by atoms with Crippen molar-refractivity contribution in [2.75, 3.05) is 19.6 Å². The number of alkyl halides is 3. The second-order valence-electron chi connectivity index (χ2n) is 2.83. The Hall–Kier alpha value is -0.290. The molecule has 0 radical (unpaired) electrons. The molecular weight excluding hydrogens is 159 g/mol. The molecule has 1 heterocycles. The van der Waals surface area contributed by atoms with E-state index in [1.165, 1.54) is 4.90 Å². The number of aliphatic hydroxyl groups is 1. The molecule has 0 unspecified atom stereocenters. The van der Waals surface area contributed by atoms with E-state index in [-0.39, 0.29) is 13.1 Å². The van der Waals surface area contributed by atoms with Crippen molar-refractivity contribution in [3.8, 4) is 0 Å². The molecule has 66 valence electrons. The molecule has 0 saturated carbocycles. The van der Waals surface area contributed by atoms with Gasteiger partial charge in [0.15, 0.2) is 5.60 Å². The molecule has 1 fully saturated rings. The van der Waals surface area contributed by atoms with Crippen molar-refractivity contribution in [2.45, 2.75) is 18.7 Å². The lowest BCUT2D eigenvalue weighted by Crippen LogP contribution is -2.68.